The Balaban J connectivity index is 2.07. The van der Waals surface area contributed by atoms with Gasteiger partial charge >= 0.3 is 0 Å². The summed E-state index contributed by atoms with van der Waals surface area (Å²) in [5, 5.41) is 3.56. The van der Waals surface area contributed by atoms with Crippen molar-refractivity contribution < 1.29 is 0 Å². The molecule has 14 heavy (non-hydrogen) atoms. The lowest BCUT2D eigenvalue weighted by Crippen LogP contribution is -2.43. The molecule has 2 bridgehead atoms. The molecule has 0 aromatic rings. The molecule has 2 rings (SSSR count). The SMILES string of the molecule is CN1C2CCC1CN(C(N)=NN)CC2. The van der Waals surface area contributed by atoms with Gasteiger partial charge in [-0.05, 0) is 26.3 Å². The summed E-state index contributed by atoms with van der Waals surface area (Å²) in [6, 6.07) is 1.36. The molecule has 2 heterocycles. The van der Waals surface area contributed by atoms with Crippen molar-refractivity contribution in [2.75, 3.05) is 20.1 Å². The second kappa shape index (κ2) is 3.65. The van der Waals surface area contributed by atoms with Gasteiger partial charge in [0.15, 0.2) is 0 Å². The van der Waals surface area contributed by atoms with E-state index in [0.717, 1.165) is 19.1 Å². The molecular weight excluding hydrogens is 178 g/mol. The topological polar surface area (TPSA) is 70.9 Å². The molecule has 2 fully saturated rings. The molecule has 5 nitrogen and oxygen atoms in total. The Bertz CT molecular complexity index is 239. The number of nitrogens with two attached hydrogens (primary N) is 2. The predicted molar refractivity (Wildman–Crippen MR) is 56.6 cm³/mol. The van der Waals surface area contributed by atoms with Gasteiger partial charge in [-0.25, -0.2) is 0 Å². The molecule has 80 valence electrons. The Labute approximate surface area is 84.7 Å². The van der Waals surface area contributed by atoms with Crippen LogP contribution >= 0.6 is 0 Å². The first-order chi connectivity index (χ1) is 6.72. The average Bonchev–Trinajstić information content (AvgIpc) is 2.40. The summed E-state index contributed by atoms with van der Waals surface area (Å²) in [5.41, 5.74) is 5.73. The molecule has 0 aromatic heterocycles. The van der Waals surface area contributed by atoms with Gasteiger partial charge < -0.3 is 16.5 Å². The third-order valence-corrected chi connectivity index (χ3v) is 3.60. The molecule has 0 saturated carbocycles. The van der Waals surface area contributed by atoms with Crippen LogP contribution in [0.1, 0.15) is 19.3 Å². The minimum absolute atomic E-state index is 0.478. The Morgan fingerprint density at radius 1 is 1.29 bits per heavy atom. The van der Waals surface area contributed by atoms with E-state index in [1.54, 1.807) is 0 Å². The van der Waals surface area contributed by atoms with Gasteiger partial charge in [0.2, 0.25) is 5.96 Å². The van der Waals surface area contributed by atoms with Crippen molar-refractivity contribution in [1.82, 2.24) is 9.80 Å². The average molecular weight is 197 g/mol. The van der Waals surface area contributed by atoms with Gasteiger partial charge in [0.05, 0.1) is 0 Å². The highest BCUT2D eigenvalue weighted by Crippen LogP contribution is 2.28. The molecule has 0 aromatic carbocycles. The molecule has 2 atom stereocenters. The van der Waals surface area contributed by atoms with Gasteiger partial charge in [-0.2, -0.15) is 0 Å². The van der Waals surface area contributed by atoms with Crippen LogP contribution in [-0.2, 0) is 0 Å². The molecule has 2 saturated heterocycles. The van der Waals surface area contributed by atoms with Crippen molar-refractivity contribution in [2.45, 2.75) is 31.3 Å². The highest BCUT2D eigenvalue weighted by Gasteiger charge is 2.34. The van der Waals surface area contributed by atoms with Crippen LogP contribution in [-0.4, -0.2) is 48.0 Å². The van der Waals surface area contributed by atoms with Crippen molar-refractivity contribution in [1.29, 1.82) is 0 Å². The van der Waals surface area contributed by atoms with Crippen LogP contribution in [0.5, 0.6) is 0 Å². The van der Waals surface area contributed by atoms with Crippen molar-refractivity contribution in [3.8, 4) is 0 Å². The van der Waals surface area contributed by atoms with Crippen molar-refractivity contribution >= 4 is 5.96 Å². The summed E-state index contributed by atoms with van der Waals surface area (Å²) in [7, 11) is 2.21. The maximum Gasteiger partial charge on any atom is 0.213 e. The number of hydrogen-bond donors (Lipinski definition) is 2. The monoisotopic (exact) mass is 197 g/mol. The van der Waals surface area contributed by atoms with Crippen LogP contribution in [0, 0.1) is 0 Å². The zero-order valence-corrected chi connectivity index (χ0v) is 8.69. The lowest BCUT2D eigenvalue weighted by molar-refractivity contribution is 0.245. The molecule has 0 spiro atoms. The largest absolute Gasteiger partial charge is 0.368 e. The van der Waals surface area contributed by atoms with Crippen LogP contribution in [0.15, 0.2) is 5.10 Å². The van der Waals surface area contributed by atoms with Crippen LogP contribution in [0.2, 0.25) is 0 Å². The van der Waals surface area contributed by atoms with Crippen LogP contribution in [0.25, 0.3) is 0 Å². The van der Waals surface area contributed by atoms with Gasteiger partial charge in [-0.15, -0.1) is 5.10 Å². The highest BCUT2D eigenvalue weighted by atomic mass is 15.4. The quantitative estimate of drug-likeness (QED) is 0.234. The normalized spacial score (nSPS) is 34.6. The Morgan fingerprint density at radius 2 is 2.00 bits per heavy atom. The van der Waals surface area contributed by atoms with Gasteiger partial charge in [0.25, 0.3) is 0 Å². The molecule has 4 N–H and O–H groups in total. The number of nitrogens with zero attached hydrogens (tertiary/aromatic N) is 3. The number of hydrogen-bond acceptors (Lipinski definition) is 3. The third kappa shape index (κ3) is 1.52. The molecule has 0 radical (unpaired) electrons. The maximum absolute atomic E-state index is 5.73. The molecule has 2 aliphatic rings. The second-order valence-electron chi connectivity index (χ2n) is 4.27. The van der Waals surface area contributed by atoms with E-state index in [1.807, 2.05) is 0 Å². The zero-order valence-electron chi connectivity index (χ0n) is 8.69. The first kappa shape index (κ1) is 9.58. The van der Waals surface area contributed by atoms with Crippen molar-refractivity contribution in [2.24, 2.45) is 16.7 Å². The second-order valence-corrected chi connectivity index (χ2v) is 4.27. The van der Waals surface area contributed by atoms with E-state index in [-0.39, 0.29) is 0 Å². The van der Waals surface area contributed by atoms with E-state index in [1.165, 1.54) is 19.3 Å². The summed E-state index contributed by atoms with van der Waals surface area (Å²) in [5.74, 6) is 5.67. The number of likely N-dealkylation sites (tertiary alicyclic amines) is 1. The number of rotatable bonds is 0. The molecule has 2 aliphatic heterocycles. The Kier molecular flexibility index (Phi) is 2.50. The van der Waals surface area contributed by atoms with Crippen molar-refractivity contribution in [3.05, 3.63) is 0 Å². The summed E-state index contributed by atoms with van der Waals surface area (Å²) >= 11 is 0. The fourth-order valence-electron chi connectivity index (χ4n) is 2.60. The summed E-state index contributed by atoms with van der Waals surface area (Å²) in [6.07, 6.45) is 3.77. The van der Waals surface area contributed by atoms with Crippen molar-refractivity contribution in [3.63, 3.8) is 0 Å². The van der Waals surface area contributed by atoms with Crippen LogP contribution in [0.4, 0.5) is 0 Å². The van der Waals surface area contributed by atoms with Gasteiger partial charge in [0.1, 0.15) is 0 Å². The van der Waals surface area contributed by atoms with Crippen LogP contribution in [0.3, 0.4) is 0 Å². The minimum Gasteiger partial charge on any atom is -0.368 e. The molecular formula is C9H19N5. The van der Waals surface area contributed by atoms with E-state index >= 15 is 0 Å². The van der Waals surface area contributed by atoms with E-state index in [4.69, 9.17) is 11.6 Å². The molecule has 2 unspecified atom stereocenters. The Morgan fingerprint density at radius 3 is 2.71 bits per heavy atom. The van der Waals surface area contributed by atoms with E-state index in [2.05, 4.69) is 21.9 Å². The molecule has 0 aliphatic carbocycles. The number of guanidine groups is 1. The molecule has 0 amide bonds. The summed E-state index contributed by atoms with van der Waals surface area (Å²) < 4.78 is 0. The molecule has 5 heteroatoms. The fourth-order valence-corrected chi connectivity index (χ4v) is 2.60. The fraction of sp³-hybridized carbons (Fsp3) is 0.889. The Hall–Kier alpha value is -0.970. The standard InChI is InChI=1S/C9H19N5/c1-13-7-2-3-8(13)6-14(5-4-7)9(10)12-11/h7-8H,2-6,11H2,1H3,(H2,10,12). The zero-order chi connectivity index (χ0) is 10.1. The highest BCUT2D eigenvalue weighted by molar-refractivity contribution is 5.77. The third-order valence-electron chi connectivity index (χ3n) is 3.60. The summed E-state index contributed by atoms with van der Waals surface area (Å²) in [6.45, 7) is 1.96. The lowest BCUT2D eigenvalue weighted by atomic mass is 10.1. The van der Waals surface area contributed by atoms with Crippen LogP contribution < -0.4 is 11.6 Å². The van der Waals surface area contributed by atoms with E-state index in [9.17, 15) is 0 Å². The van der Waals surface area contributed by atoms with Gasteiger partial charge in [0, 0.05) is 25.2 Å². The minimum atomic E-state index is 0.478. The first-order valence-corrected chi connectivity index (χ1v) is 5.22. The predicted octanol–water partition coefficient (Wildman–Crippen LogP) is -0.657. The van der Waals surface area contributed by atoms with E-state index in [0.29, 0.717) is 12.0 Å². The van der Waals surface area contributed by atoms with Gasteiger partial charge in [-0.1, -0.05) is 0 Å². The number of likely N-dealkylation sites (N-methyl/N-ethyl adjacent to an activating group) is 1. The summed E-state index contributed by atoms with van der Waals surface area (Å²) in [4.78, 5) is 4.57. The maximum atomic E-state index is 5.73. The lowest BCUT2D eigenvalue weighted by Gasteiger charge is -2.25. The van der Waals surface area contributed by atoms with Gasteiger partial charge in [-0.3, -0.25) is 4.90 Å². The number of fused-ring (bicyclic) bond motifs is 2. The first-order valence-electron chi connectivity index (χ1n) is 5.22. The van der Waals surface area contributed by atoms with E-state index < -0.39 is 0 Å². The smallest absolute Gasteiger partial charge is 0.213 e. The number of hydrazone groups is 1.